The monoisotopic (exact) mass is 1220 g/mol. The Morgan fingerprint density at radius 1 is 0.118 bits per heavy atom. The normalized spacial score (nSPS) is 9.88. The van der Waals surface area contributed by atoms with E-state index >= 15 is 0 Å². The van der Waals surface area contributed by atoms with Crippen molar-refractivity contribution in [1.82, 2.24) is 0 Å². The molecule has 0 saturated heterocycles. The van der Waals surface area contributed by atoms with Gasteiger partial charge in [-0.2, -0.15) is 0 Å². The van der Waals surface area contributed by atoms with Gasteiger partial charge in [0, 0.05) is 0 Å². The van der Waals surface area contributed by atoms with Gasteiger partial charge in [0.15, 0.2) is 0 Å². The molecule has 0 aromatic heterocycles. The van der Waals surface area contributed by atoms with Crippen LogP contribution in [0.4, 0.5) is 0 Å². The Morgan fingerprint density at radius 3 is 0.634 bits per heavy atom. The highest BCUT2D eigenvalue weighted by molar-refractivity contribution is 6.07. The zero-order valence-electron chi connectivity index (χ0n) is 59.6. The van der Waals surface area contributed by atoms with E-state index in [-0.39, 0.29) is 0 Å². The van der Waals surface area contributed by atoms with Crippen molar-refractivity contribution < 1.29 is 0 Å². The van der Waals surface area contributed by atoms with Crippen molar-refractivity contribution in [3.05, 3.63) is 391 Å². The molecule has 0 aliphatic carbocycles. The fourth-order valence-electron chi connectivity index (χ4n) is 11.0. The summed E-state index contributed by atoms with van der Waals surface area (Å²) in [6.45, 7) is 40.2. The number of benzene rings is 13. The molecule has 0 atom stereocenters. The average Bonchev–Trinajstić information content (AvgIpc) is 0.844. The molecule has 0 radical (unpaired) electrons. The van der Waals surface area contributed by atoms with E-state index in [1.807, 2.05) is 12.1 Å². The predicted octanol–water partition coefficient (Wildman–Crippen LogP) is 26.7. The third-order valence-electron chi connectivity index (χ3n) is 15.1. The fourth-order valence-corrected chi connectivity index (χ4v) is 11.0. The number of hydrogen-bond donors (Lipinski definition) is 0. The first kappa shape index (κ1) is 74.1. The topological polar surface area (TPSA) is 0 Å². The molecular weight excluding hydrogens is 1120 g/mol. The molecule has 0 nitrogen and oxygen atoms in total. The van der Waals surface area contributed by atoms with Gasteiger partial charge in [-0.15, -0.1) is 0 Å². The summed E-state index contributed by atoms with van der Waals surface area (Å²) in [4.78, 5) is 0. The minimum atomic E-state index is 1.29. The maximum absolute atomic E-state index is 2.24. The Kier molecular flexibility index (Phi) is 31.0. The van der Waals surface area contributed by atoms with Crippen molar-refractivity contribution in [2.45, 2.75) is 132 Å². The van der Waals surface area contributed by atoms with Crippen LogP contribution in [0.15, 0.2) is 285 Å². The van der Waals surface area contributed by atoms with E-state index < -0.39 is 0 Å². The van der Waals surface area contributed by atoms with Crippen LogP contribution in [0.2, 0.25) is 0 Å². The van der Waals surface area contributed by atoms with Gasteiger partial charge in [0.1, 0.15) is 0 Å². The summed E-state index contributed by atoms with van der Waals surface area (Å²) >= 11 is 0. The Labute approximate surface area is 562 Å². The van der Waals surface area contributed by atoms with Gasteiger partial charge in [0.2, 0.25) is 0 Å². The smallest absolute Gasteiger partial charge is 0.0105 e. The number of aryl methyl sites for hydroxylation is 19. The molecule has 0 fully saturated rings. The summed E-state index contributed by atoms with van der Waals surface area (Å²) in [7, 11) is 0. The van der Waals surface area contributed by atoms with Gasteiger partial charge in [0.25, 0.3) is 0 Å². The molecule has 13 rings (SSSR count). The summed E-state index contributed by atoms with van der Waals surface area (Å²) in [6.07, 6.45) is 0. The molecule has 0 heteroatoms. The number of hydrogen-bond acceptors (Lipinski definition) is 0. The van der Waals surface area contributed by atoms with E-state index in [0.717, 1.165) is 0 Å². The molecule has 0 aliphatic rings. The van der Waals surface area contributed by atoms with Crippen LogP contribution >= 0.6 is 0 Å². The zero-order valence-corrected chi connectivity index (χ0v) is 59.6. The molecule has 0 heterocycles. The van der Waals surface area contributed by atoms with Gasteiger partial charge in [-0.25, -0.2) is 0 Å². The van der Waals surface area contributed by atoms with Crippen molar-refractivity contribution in [3.63, 3.8) is 0 Å². The lowest BCUT2D eigenvalue weighted by molar-refractivity contribution is 1.32. The van der Waals surface area contributed by atoms with Gasteiger partial charge < -0.3 is 0 Å². The van der Waals surface area contributed by atoms with Crippen LogP contribution < -0.4 is 0 Å². The Morgan fingerprint density at radius 2 is 0.344 bits per heavy atom. The summed E-state index contributed by atoms with van der Waals surface area (Å²) < 4.78 is 0. The second-order valence-electron chi connectivity index (χ2n) is 25.5. The van der Waals surface area contributed by atoms with Gasteiger partial charge in [-0.1, -0.05) is 391 Å². The van der Waals surface area contributed by atoms with Crippen molar-refractivity contribution >= 4 is 21.5 Å². The summed E-state index contributed by atoms with van der Waals surface area (Å²) in [5.41, 5.74) is 30.6. The van der Waals surface area contributed by atoms with E-state index in [1.54, 1.807) is 0 Å². The SMILES string of the molecule is Cc1cc(C)cc(-c2ccccc2)c1.Cc1cc(C)cc(-c2ccccc2)c1.Cc1cc(C)cc(C)c1.Cc1cc(C)cc(C)c1.Cc1ccc(C)cc1.Cc1ccc(C)cc1.Cc1ccc2c(ccc3ccccc32)c1.Cc1cccc(C)c1.Cc1cccc(C)c1. The molecule has 13 aromatic carbocycles. The molecule has 0 amide bonds. The van der Waals surface area contributed by atoms with Crippen molar-refractivity contribution in [1.29, 1.82) is 0 Å². The van der Waals surface area contributed by atoms with Gasteiger partial charge in [-0.3, -0.25) is 0 Å². The molecule has 0 saturated carbocycles. The third kappa shape index (κ3) is 29.0. The van der Waals surface area contributed by atoms with Gasteiger partial charge >= 0.3 is 0 Å². The van der Waals surface area contributed by atoms with Crippen LogP contribution in [-0.2, 0) is 0 Å². The lowest BCUT2D eigenvalue weighted by Gasteiger charge is -2.04. The largest absolute Gasteiger partial charge is 0.0622 e. The average molecular weight is 1220 g/mol. The summed E-state index contributed by atoms with van der Waals surface area (Å²) in [5, 5.41) is 5.33. The highest BCUT2D eigenvalue weighted by Gasteiger charge is 2.01. The Bertz CT molecular complexity index is 3870. The minimum absolute atomic E-state index is 1.29. The van der Waals surface area contributed by atoms with Gasteiger partial charge in [0.05, 0.1) is 0 Å². The van der Waals surface area contributed by atoms with Crippen LogP contribution in [0.3, 0.4) is 0 Å². The molecule has 93 heavy (non-hydrogen) atoms. The number of rotatable bonds is 2. The quantitative estimate of drug-likeness (QED) is 0.151. The molecule has 0 aliphatic heterocycles. The van der Waals surface area contributed by atoms with Crippen LogP contribution in [0.1, 0.15) is 106 Å². The highest BCUT2D eigenvalue weighted by Crippen LogP contribution is 2.27. The molecule has 0 N–H and O–H groups in total. The third-order valence-corrected chi connectivity index (χ3v) is 15.1. The standard InChI is InChI=1S/C15H12.2C14H14.2C9H12.4C8H10/c1-11-6-9-15-13(10-11)8-7-12-4-2-3-5-14(12)15;2*1-11-8-12(2)10-14(9-11)13-6-4-3-5-7-13;2*1-7-4-8(2)6-9(3)5-7;2*1-7-3-5-8(2)6-4-7;2*1-7-4-3-5-8(2)6-7/h2-10H,1H3;2*3-10H,1-2H3;2*4-6H,1-3H3;4*3-6H,1-2H3. The maximum atomic E-state index is 2.24. The maximum Gasteiger partial charge on any atom is -0.0105 e. The van der Waals surface area contributed by atoms with Crippen molar-refractivity contribution in [2.24, 2.45) is 0 Å². The van der Waals surface area contributed by atoms with Crippen LogP contribution in [-0.4, -0.2) is 0 Å². The second-order valence-corrected chi connectivity index (χ2v) is 25.5. The number of fused-ring (bicyclic) bond motifs is 3. The van der Waals surface area contributed by atoms with Crippen LogP contribution in [0.5, 0.6) is 0 Å². The lowest BCUT2D eigenvalue weighted by atomic mass is 10.0. The fraction of sp³-hybridized carbons (Fsp3) is 0.204. The van der Waals surface area contributed by atoms with Crippen molar-refractivity contribution in [2.75, 3.05) is 0 Å². The van der Waals surface area contributed by atoms with E-state index in [2.05, 4.69) is 405 Å². The van der Waals surface area contributed by atoms with E-state index in [0.29, 0.717) is 0 Å². The molecule has 0 bridgehead atoms. The van der Waals surface area contributed by atoms with E-state index in [1.165, 1.54) is 150 Å². The summed E-state index contributed by atoms with van der Waals surface area (Å²) in [5.74, 6) is 0. The summed E-state index contributed by atoms with van der Waals surface area (Å²) in [6, 6.07) is 101. The first-order valence-electron chi connectivity index (χ1n) is 32.8. The van der Waals surface area contributed by atoms with Gasteiger partial charge in [-0.05, 0) is 175 Å². The Balaban J connectivity index is 0.000000192. The molecule has 0 unspecified atom stereocenters. The minimum Gasteiger partial charge on any atom is -0.0622 e. The predicted molar refractivity (Wildman–Crippen MR) is 414 cm³/mol. The van der Waals surface area contributed by atoms with E-state index in [9.17, 15) is 0 Å². The van der Waals surface area contributed by atoms with Crippen molar-refractivity contribution in [3.8, 4) is 22.3 Å². The molecule has 13 aromatic rings. The lowest BCUT2D eigenvalue weighted by Crippen LogP contribution is -1.81. The highest BCUT2D eigenvalue weighted by atomic mass is 14.1. The molecule has 0 spiro atoms. The molecule has 476 valence electrons. The van der Waals surface area contributed by atoms with E-state index in [4.69, 9.17) is 0 Å². The first-order chi connectivity index (χ1) is 44.4. The zero-order chi connectivity index (χ0) is 67.8. The first-order valence-corrected chi connectivity index (χ1v) is 32.8. The van der Waals surface area contributed by atoms with Crippen LogP contribution in [0.25, 0.3) is 43.8 Å². The molecular formula is C93H104. The Hall–Kier alpha value is -9.62. The second kappa shape index (κ2) is 38.9. The van der Waals surface area contributed by atoms with Crippen LogP contribution in [0, 0.1) is 132 Å².